The summed E-state index contributed by atoms with van der Waals surface area (Å²) in [6.45, 7) is 8.77. The number of likely N-dealkylation sites (tertiary alicyclic amines) is 1. The van der Waals surface area contributed by atoms with Crippen LogP contribution in [0.3, 0.4) is 0 Å². The van der Waals surface area contributed by atoms with Crippen molar-refractivity contribution < 1.29 is 0 Å². The Bertz CT molecular complexity index is 348. The lowest BCUT2D eigenvalue weighted by Gasteiger charge is -2.44. The normalized spacial score (nSPS) is 24.8. The Morgan fingerprint density at radius 3 is 2.94 bits per heavy atom. The van der Waals surface area contributed by atoms with Crippen molar-refractivity contribution in [2.45, 2.75) is 26.8 Å². The Kier molecular flexibility index (Phi) is 3.79. The van der Waals surface area contributed by atoms with Crippen LogP contribution in [-0.4, -0.2) is 29.5 Å². The molecule has 2 heterocycles. The van der Waals surface area contributed by atoms with E-state index in [1.54, 1.807) is 0 Å². The Labute approximate surface area is 104 Å². The van der Waals surface area contributed by atoms with Gasteiger partial charge >= 0.3 is 0 Å². The summed E-state index contributed by atoms with van der Waals surface area (Å²) in [4.78, 5) is 6.69. The van der Waals surface area contributed by atoms with Gasteiger partial charge in [0.2, 0.25) is 0 Å². The van der Waals surface area contributed by atoms with Crippen molar-refractivity contribution in [3.8, 4) is 0 Å². The summed E-state index contributed by atoms with van der Waals surface area (Å²) in [6.07, 6.45) is 5.00. The van der Waals surface area contributed by atoms with E-state index in [1.165, 1.54) is 12.0 Å². The number of pyridine rings is 1. The van der Waals surface area contributed by atoms with Gasteiger partial charge in [-0.05, 0) is 42.5 Å². The van der Waals surface area contributed by atoms with Crippen molar-refractivity contribution >= 4 is 0 Å². The number of nitrogens with zero attached hydrogens (tertiary/aromatic N) is 2. The molecule has 0 spiro atoms. The van der Waals surface area contributed by atoms with Crippen LogP contribution >= 0.6 is 0 Å². The van der Waals surface area contributed by atoms with Gasteiger partial charge < -0.3 is 5.73 Å². The van der Waals surface area contributed by atoms with Gasteiger partial charge in [0.25, 0.3) is 0 Å². The highest BCUT2D eigenvalue weighted by atomic mass is 15.1. The summed E-state index contributed by atoms with van der Waals surface area (Å²) in [5, 5.41) is 0. The highest BCUT2D eigenvalue weighted by Crippen LogP contribution is 2.34. The number of piperidine rings is 1. The molecule has 3 nitrogen and oxygen atoms in total. The Balaban J connectivity index is 1.97. The third-order valence-electron chi connectivity index (χ3n) is 3.94. The van der Waals surface area contributed by atoms with E-state index in [4.69, 9.17) is 5.73 Å². The molecule has 2 rings (SSSR count). The van der Waals surface area contributed by atoms with Crippen molar-refractivity contribution in [3.05, 3.63) is 30.1 Å². The molecular formula is C14H23N3. The molecule has 94 valence electrons. The summed E-state index contributed by atoms with van der Waals surface area (Å²) < 4.78 is 0. The molecule has 1 saturated heterocycles. The van der Waals surface area contributed by atoms with E-state index in [0.29, 0.717) is 11.3 Å². The largest absolute Gasteiger partial charge is 0.330 e. The Morgan fingerprint density at radius 1 is 1.53 bits per heavy atom. The van der Waals surface area contributed by atoms with Gasteiger partial charge in [0.15, 0.2) is 0 Å². The van der Waals surface area contributed by atoms with Crippen LogP contribution in [0.1, 0.15) is 25.8 Å². The van der Waals surface area contributed by atoms with Gasteiger partial charge in [-0.3, -0.25) is 9.88 Å². The van der Waals surface area contributed by atoms with Gasteiger partial charge in [0, 0.05) is 25.5 Å². The maximum atomic E-state index is 5.85. The molecule has 17 heavy (non-hydrogen) atoms. The number of hydrogen-bond donors (Lipinski definition) is 1. The first-order valence-corrected chi connectivity index (χ1v) is 6.43. The summed E-state index contributed by atoms with van der Waals surface area (Å²) in [6, 6.07) is 4.15. The van der Waals surface area contributed by atoms with E-state index >= 15 is 0 Å². The van der Waals surface area contributed by atoms with E-state index < -0.39 is 0 Å². The zero-order valence-corrected chi connectivity index (χ0v) is 10.9. The Hall–Kier alpha value is -0.930. The highest BCUT2D eigenvalue weighted by molar-refractivity contribution is 5.08. The minimum atomic E-state index is 0.329. The van der Waals surface area contributed by atoms with E-state index in [1.807, 2.05) is 18.5 Å². The lowest BCUT2D eigenvalue weighted by Crippen LogP contribution is -2.47. The van der Waals surface area contributed by atoms with Crippen molar-refractivity contribution in [1.82, 2.24) is 9.88 Å². The molecule has 1 aliphatic heterocycles. The number of nitrogens with two attached hydrogens (primary N) is 1. The summed E-state index contributed by atoms with van der Waals surface area (Å²) in [7, 11) is 0. The molecule has 2 N–H and O–H groups in total. The molecule has 0 aromatic carbocycles. The molecule has 1 aliphatic rings. The summed E-state index contributed by atoms with van der Waals surface area (Å²) in [5.74, 6) is 0.660. The van der Waals surface area contributed by atoms with E-state index in [-0.39, 0.29) is 0 Å². The average molecular weight is 233 g/mol. The lowest BCUT2D eigenvalue weighted by molar-refractivity contribution is 0.0548. The van der Waals surface area contributed by atoms with E-state index in [2.05, 4.69) is 29.8 Å². The van der Waals surface area contributed by atoms with Crippen LogP contribution < -0.4 is 5.73 Å². The fourth-order valence-electron chi connectivity index (χ4n) is 2.84. The predicted molar refractivity (Wildman–Crippen MR) is 70.5 cm³/mol. The van der Waals surface area contributed by atoms with Crippen molar-refractivity contribution in [3.63, 3.8) is 0 Å². The van der Waals surface area contributed by atoms with E-state index in [0.717, 1.165) is 26.2 Å². The van der Waals surface area contributed by atoms with Gasteiger partial charge in [0.05, 0.1) is 0 Å². The molecule has 0 aliphatic carbocycles. The predicted octanol–water partition coefficient (Wildman–Crippen LogP) is 1.89. The van der Waals surface area contributed by atoms with Gasteiger partial charge in [0.1, 0.15) is 0 Å². The second-order valence-electron chi connectivity index (χ2n) is 5.78. The van der Waals surface area contributed by atoms with Gasteiger partial charge in [-0.2, -0.15) is 0 Å². The van der Waals surface area contributed by atoms with Crippen molar-refractivity contribution in [1.29, 1.82) is 0 Å². The third-order valence-corrected chi connectivity index (χ3v) is 3.94. The van der Waals surface area contributed by atoms with Crippen LogP contribution in [0.15, 0.2) is 24.5 Å². The topological polar surface area (TPSA) is 42.2 Å². The van der Waals surface area contributed by atoms with Crippen molar-refractivity contribution in [2.24, 2.45) is 17.1 Å². The smallest absolute Gasteiger partial charge is 0.0312 e. The minimum Gasteiger partial charge on any atom is -0.330 e. The molecular weight excluding hydrogens is 210 g/mol. The number of aromatic nitrogens is 1. The highest BCUT2D eigenvalue weighted by Gasteiger charge is 2.34. The zero-order valence-electron chi connectivity index (χ0n) is 10.9. The maximum Gasteiger partial charge on any atom is 0.0312 e. The average Bonchev–Trinajstić information content (AvgIpc) is 2.29. The van der Waals surface area contributed by atoms with Crippen LogP contribution in [-0.2, 0) is 6.54 Å². The van der Waals surface area contributed by atoms with Crippen molar-refractivity contribution in [2.75, 3.05) is 19.6 Å². The van der Waals surface area contributed by atoms with Gasteiger partial charge in [-0.25, -0.2) is 0 Å². The monoisotopic (exact) mass is 233 g/mol. The van der Waals surface area contributed by atoms with Gasteiger partial charge in [-0.15, -0.1) is 0 Å². The number of hydrogen-bond acceptors (Lipinski definition) is 3. The molecule has 1 atom stereocenters. The standard InChI is InChI=1S/C14H23N3/c1-14(2)11-17(7-5-13(14)8-15)10-12-4-3-6-16-9-12/h3-4,6,9,13H,5,7-8,10-11,15H2,1-2H3. The molecule has 1 aromatic rings. The molecule has 0 bridgehead atoms. The molecule has 0 amide bonds. The molecule has 0 saturated carbocycles. The molecule has 0 radical (unpaired) electrons. The molecule has 3 heteroatoms. The lowest BCUT2D eigenvalue weighted by atomic mass is 9.74. The van der Waals surface area contributed by atoms with Crippen LogP contribution in [0.4, 0.5) is 0 Å². The summed E-state index contributed by atoms with van der Waals surface area (Å²) in [5.41, 5.74) is 7.48. The first-order chi connectivity index (χ1) is 8.12. The minimum absolute atomic E-state index is 0.329. The maximum absolute atomic E-state index is 5.85. The fourth-order valence-corrected chi connectivity index (χ4v) is 2.84. The van der Waals surface area contributed by atoms with E-state index in [9.17, 15) is 0 Å². The van der Waals surface area contributed by atoms with Crippen LogP contribution in [0.5, 0.6) is 0 Å². The Morgan fingerprint density at radius 2 is 2.35 bits per heavy atom. The first-order valence-electron chi connectivity index (χ1n) is 6.43. The number of rotatable bonds is 3. The second kappa shape index (κ2) is 5.15. The zero-order chi connectivity index (χ0) is 12.3. The second-order valence-corrected chi connectivity index (χ2v) is 5.78. The van der Waals surface area contributed by atoms with Gasteiger partial charge in [-0.1, -0.05) is 19.9 Å². The molecule has 1 unspecified atom stereocenters. The van der Waals surface area contributed by atoms with Crippen LogP contribution in [0, 0.1) is 11.3 Å². The fraction of sp³-hybridized carbons (Fsp3) is 0.643. The third kappa shape index (κ3) is 3.05. The summed E-state index contributed by atoms with van der Waals surface area (Å²) >= 11 is 0. The van der Waals surface area contributed by atoms with Crippen LogP contribution in [0.2, 0.25) is 0 Å². The first kappa shape index (κ1) is 12.5. The van der Waals surface area contributed by atoms with Crippen LogP contribution in [0.25, 0.3) is 0 Å². The molecule has 1 fully saturated rings. The molecule has 1 aromatic heterocycles. The SMILES string of the molecule is CC1(C)CN(Cc2cccnc2)CCC1CN. The quantitative estimate of drug-likeness (QED) is 0.867.